The molecule has 1 aliphatic heterocycles. The fraction of sp³-hybridized carbons (Fsp3) is 0.211. The van der Waals surface area contributed by atoms with Crippen LogP contribution in [0.4, 0.5) is 0 Å². The first-order valence-corrected chi connectivity index (χ1v) is 7.91. The van der Waals surface area contributed by atoms with Crippen molar-refractivity contribution in [3.63, 3.8) is 0 Å². The molecule has 1 unspecified atom stereocenters. The first-order chi connectivity index (χ1) is 12.0. The van der Waals surface area contributed by atoms with E-state index in [0.717, 1.165) is 10.5 Å². The van der Waals surface area contributed by atoms with Crippen molar-refractivity contribution in [1.82, 2.24) is 10.2 Å². The van der Waals surface area contributed by atoms with Gasteiger partial charge in [0.25, 0.3) is 11.8 Å². The third-order valence-corrected chi connectivity index (χ3v) is 4.24. The molecule has 1 heterocycles. The van der Waals surface area contributed by atoms with Gasteiger partial charge in [0.1, 0.15) is 11.8 Å². The standard InChI is InChI=1S/C19H18N2O4/c1-12(17(22)20-11-13-7-3-6-10-16(13)25-2)21-18(23)14-8-4-5-9-15(14)19(21)24/h3-10,12H,11H2,1-2H3,(H,20,22). The molecular formula is C19H18N2O4. The second-order valence-corrected chi connectivity index (χ2v) is 5.73. The molecule has 0 spiro atoms. The third kappa shape index (κ3) is 2.98. The summed E-state index contributed by atoms with van der Waals surface area (Å²) in [4.78, 5) is 38.3. The lowest BCUT2D eigenvalue weighted by molar-refractivity contribution is -0.124. The van der Waals surface area contributed by atoms with E-state index in [2.05, 4.69) is 5.32 Å². The number of fused-ring (bicyclic) bond motifs is 1. The van der Waals surface area contributed by atoms with Crippen LogP contribution < -0.4 is 10.1 Å². The first kappa shape index (κ1) is 16.7. The summed E-state index contributed by atoms with van der Waals surface area (Å²) in [6.45, 7) is 1.79. The van der Waals surface area contributed by atoms with Crippen LogP contribution in [0.25, 0.3) is 0 Å². The average Bonchev–Trinajstić information content (AvgIpc) is 2.90. The van der Waals surface area contributed by atoms with Gasteiger partial charge in [-0.3, -0.25) is 19.3 Å². The minimum atomic E-state index is -0.901. The highest BCUT2D eigenvalue weighted by Crippen LogP contribution is 2.24. The number of imide groups is 1. The van der Waals surface area contributed by atoms with E-state index >= 15 is 0 Å². The number of nitrogens with one attached hydrogen (secondary N) is 1. The van der Waals surface area contributed by atoms with Crippen LogP contribution in [0.5, 0.6) is 5.75 Å². The number of carbonyl (C=O) groups excluding carboxylic acids is 3. The second-order valence-electron chi connectivity index (χ2n) is 5.73. The van der Waals surface area contributed by atoms with Gasteiger partial charge in [-0.05, 0) is 25.1 Å². The Kier molecular flexibility index (Phi) is 4.52. The van der Waals surface area contributed by atoms with Crippen LogP contribution >= 0.6 is 0 Å². The molecule has 0 aliphatic carbocycles. The Morgan fingerprint density at radius 2 is 1.60 bits per heavy atom. The molecule has 0 fully saturated rings. The Hall–Kier alpha value is -3.15. The highest BCUT2D eigenvalue weighted by Gasteiger charge is 2.40. The minimum Gasteiger partial charge on any atom is -0.496 e. The van der Waals surface area contributed by atoms with Gasteiger partial charge in [0.05, 0.1) is 18.2 Å². The van der Waals surface area contributed by atoms with Crippen molar-refractivity contribution in [1.29, 1.82) is 0 Å². The monoisotopic (exact) mass is 338 g/mol. The lowest BCUT2D eigenvalue weighted by atomic mass is 10.1. The van der Waals surface area contributed by atoms with Crippen LogP contribution in [-0.4, -0.2) is 35.8 Å². The third-order valence-electron chi connectivity index (χ3n) is 4.24. The van der Waals surface area contributed by atoms with Gasteiger partial charge in [-0.1, -0.05) is 30.3 Å². The predicted molar refractivity (Wildman–Crippen MR) is 91.2 cm³/mol. The molecule has 0 radical (unpaired) electrons. The molecule has 1 atom stereocenters. The Morgan fingerprint density at radius 1 is 1.04 bits per heavy atom. The molecule has 0 saturated heterocycles. The van der Waals surface area contributed by atoms with Crippen molar-refractivity contribution in [2.24, 2.45) is 0 Å². The predicted octanol–water partition coefficient (Wildman–Crippen LogP) is 2.00. The molecule has 3 rings (SSSR count). The smallest absolute Gasteiger partial charge is 0.262 e. The van der Waals surface area contributed by atoms with Crippen molar-refractivity contribution in [2.75, 3.05) is 7.11 Å². The van der Waals surface area contributed by atoms with Crippen LogP contribution in [0.3, 0.4) is 0 Å². The van der Waals surface area contributed by atoms with Crippen LogP contribution in [-0.2, 0) is 11.3 Å². The van der Waals surface area contributed by atoms with E-state index in [1.54, 1.807) is 44.4 Å². The highest BCUT2D eigenvalue weighted by molar-refractivity contribution is 6.22. The molecule has 1 N–H and O–H groups in total. The molecule has 3 amide bonds. The molecule has 0 aromatic heterocycles. The number of hydrogen-bond acceptors (Lipinski definition) is 4. The average molecular weight is 338 g/mol. The lowest BCUT2D eigenvalue weighted by Gasteiger charge is -2.22. The van der Waals surface area contributed by atoms with E-state index in [1.807, 2.05) is 18.2 Å². The number of methoxy groups -OCH3 is 1. The fourth-order valence-electron chi connectivity index (χ4n) is 2.86. The van der Waals surface area contributed by atoms with E-state index < -0.39 is 23.8 Å². The summed E-state index contributed by atoms with van der Waals surface area (Å²) in [5, 5.41) is 2.75. The Balaban J connectivity index is 1.71. The van der Waals surface area contributed by atoms with Crippen LogP contribution in [0.1, 0.15) is 33.2 Å². The second kappa shape index (κ2) is 6.76. The highest BCUT2D eigenvalue weighted by atomic mass is 16.5. The van der Waals surface area contributed by atoms with Crippen molar-refractivity contribution in [2.45, 2.75) is 19.5 Å². The van der Waals surface area contributed by atoms with Crippen molar-refractivity contribution >= 4 is 17.7 Å². The molecule has 25 heavy (non-hydrogen) atoms. The summed E-state index contributed by atoms with van der Waals surface area (Å²) < 4.78 is 5.24. The zero-order valence-electron chi connectivity index (χ0n) is 14.0. The van der Waals surface area contributed by atoms with Crippen LogP contribution in [0, 0.1) is 0 Å². The van der Waals surface area contributed by atoms with Gasteiger partial charge in [-0.2, -0.15) is 0 Å². The Labute approximate surface area is 145 Å². The SMILES string of the molecule is COc1ccccc1CNC(=O)C(C)N1C(=O)c2ccccc2C1=O. The Morgan fingerprint density at radius 3 is 2.20 bits per heavy atom. The minimum absolute atomic E-state index is 0.246. The maximum atomic E-state index is 12.4. The van der Waals surface area contributed by atoms with Gasteiger partial charge < -0.3 is 10.1 Å². The zero-order chi connectivity index (χ0) is 18.0. The molecule has 0 saturated carbocycles. The van der Waals surface area contributed by atoms with E-state index in [9.17, 15) is 14.4 Å². The van der Waals surface area contributed by atoms with Crippen LogP contribution in [0.2, 0.25) is 0 Å². The lowest BCUT2D eigenvalue weighted by Crippen LogP contribution is -2.47. The van der Waals surface area contributed by atoms with Gasteiger partial charge in [-0.15, -0.1) is 0 Å². The maximum Gasteiger partial charge on any atom is 0.262 e. The summed E-state index contributed by atoms with van der Waals surface area (Å²) in [7, 11) is 1.56. The molecular weight excluding hydrogens is 320 g/mol. The summed E-state index contributed by atoms with van der Waals surface area (Å²) in [6, 6.07) is 13.0. The number of amides is 3. The van der Waals surface area contributed by atoms with E-state index in [0.29, 0.717) is 16.9 Å². The molecule has 2 aromatic rings. The number of benzene rings is 2. The fourth-order valence-corrected chi connectivity index (χ4v) is 2.86. The van der Waals surface area contributed by atoms with Crippen LogP contribution in [0.15, 0.2) is 48.5 Å². The largest absolute Gasteiger partial charge is 0.496 e. The molecule has 6 nitrogen and oxygen atoms in total. The summed E-state index contributed by atoms with van der Waals surface area (Å²) >= 11 is 0. The number of nitrogens with zero attached hydrogens (tertiary/aromatic N) is 1. The number of para-hydroxylation sites is 1. The van der Waals surface area contributed by atoms with Gasteiger partial charge in [0.15, 0.2) is 0 Å². The topological polar surface area (TPSA) is 75.7 Å². The van der Waals surface area contributed by atoms with Crippen molar-refractivity contribution in [3.05, 3.63) is 65.2 Å². The van der Waals surface area contributed by atoms with Gasteiger partial charge in [0.2, 0.25) is 5.91 Å². The molecule has 6 heteroatoms. The van der Waals surface area contributed by atoms with E-state index in [4.69, 9.17) is 4.74 Å². The van der Waals surface area contributed by atoms with Crippen molar-refractivity contribution in [3.8, 4) is 5.75 Å². The maximum absolute atomic E-state index is 12.4. The summed E-state index contributed by atoms with van der Waals surface area (Å²) in [6.07, 6.45) is 0. The first-order valence-electron chi connectivity index (χ1n) is 7.91. The number of carbonyl (C=O) groups is 3. The number of ether oxygens (including phenoxy) is 1. The van der Waals surface area contributed by atoms with E-state index in [1.165, 1.54) is 0 Å². The van der Waals surface area contributed by atoms with Crippen molar-refractivity contribution < 1.29 is 19.1 Å². The zero-order valence-corrected chi connectivity index (χ0v) is 14.0. The molecule has 0 bridgehead atoms. The molecule has 128 valence electrons. The summed E-state index contributed by atoms with van der Waals surface area (Å²) in [5.41, 5.74) is 1.47. The number of rotatable bonds is 5. The summed E-state index contributed by atoms with van der Waals surface area (Å²) in [5.74, 6) is -0.627. The van der Waals surface area contributed by atoms with Gasteiger partial charge >= 0.3 is 0 Å². The number of hydrogen-bond donors (Lipinski definition) is 1. The normalized spacial score (nSPS) is 14.2. The van der Waals surface area contributed by atoms with Gasteiger partial charge in [0, 0.05) is 12.1 Å². The van der Waals surface area contributed by atoms with Gasteiger partial charge in [-0.25, -0.2) is 0 Å². The quantitative estimate of drug-likeness (QED) is 0.846. The Bertz CT molecular complexity index is 812. The van der Waals surface area contributed by atoms with E-state index in [-0.39, 0.29) is 6.54 Å². The molecule has 2 aromatic carbocycles. The molecule has 1 aliphatic rings.